The average Bonchev–Trinajstić information content (AvgIpc) is 2.57. The number of rotatable bonds is 1. The van der Waals surface area contributed by atoms with Crippen LogP contribution in [0.4, 0.5) is 5.13 Å². The molecule has 1 aromatic heterocycles. The lowest BCUT2D eigenvalue weighted by Gasteiger charge is -2.33. The molecule has 1 aliphatic rings. The predicted octanol–water partition coefficient (Wildman–Crippen LogP) is 0.336. The van der Waals surface area contributed by atoms with Crippen LogP contribution < -0.4 is 10.2 Å². The number of hydrogen-bond acceptors (Lipinski definition) is 5. The molecule has 1 aromatic rings. The lowest BCUT2D eigenvalue weighted by Crippen LogP contribution is -2.49. The van der Waals surface area contributed by atoms with Crippen molar-refractivity contribution in [2.75, 3.05) is 24.5 Å². The monoisotopic (exact) mass is 184 g/mol. The van der Waals surface area contributed by atoms with Crippen LogP contribution in [-0.4, -0.2) is 35.9 Å². The standard InChI is InChI=1S/C7H12N4S/c1-6-4-8-2-3-11(6)7-10-9-5-12-7/h5-6,8H,2-4H2,1H3. The third-order valence-electron chi connectivity index (χ3n) is 2.10. The van der Waals surface area contributed by atoms with E-state index in [0.717, 1.165) is 24.8 Å². The molecule has 2 rings (SSSR count). The zero-order valence-electron chi connectivity index (χ0n) is 7.03. The lowest BCUT2D eigenvalue weighted by atomic mass is 10.2. The van der Waals surface area contributed by atoms with Gasteiger partial charge in [-0.2, -0.15) is 0 Å². The van der Waals surface area contributed by atoms with Crippen molar-refractivity contribution < 1.29 is 0 Å². The normalized spacial score (nSPS) is 24.4. The molecule has 1 N–H and O–H groups in total. The van der Waals surface area contributed by atoms with Gasteiger partial charge in [0.2, 0.25) is 5.13 Å². The Labute approximate surface area is 75.6 Å². The summed E-state index contributed by atoms with van der Waals surface area (Å²) in [5.74, 6) is 0. The summed E-state index contributed by atoms with van der Waals surface area (Å²) < 4.78 is 0. The molecule has 0 radical (unpaired) electrons. The molecule has 66 valence electrons. The average molecular weight is 184 g/mol. The summed E-state index contributed by atoms with van der Waals surface area (Å²) >= 11 is 1.61. The van der Waals surface area contributed by atoms with Crippen molar-refractivity contribution in [3.8, 4) is 0 Å². The molecule has 5 heteroatoms. The summed E-state index contributed by atoms with van der Waals surface area (Å²) in [7, 11) is 0. The zero-order chi connectivity index (χ0) is 8.39. The highest BCUT2D eigenvalue weighted by molar-refractivity contribution is 7.13. The van der Waals surface area contributed by atoms with E-state index in [1.807, 2.05) is 0 Å². The Bertz CT molecular complexity index is 236. The maximum atomic E-state index is 4.06. The smallest absolute Gasteiger partial charge is 0.208 e. The molecule has 0 spiro atoms. The van der Waals surface area contributed by atoms with Gasteiger partial charge in [-0.15, -0.1) is 10.2 Å². The van der Waals surface area contributed by atoms with Gasteiger partial charge in [0.05, 0.1) is 0 Å². The lowest BCUT2D eigenvalue weighted by molar-refractivity contribution is 0.499. The van der Waals surface area contributed by atoms with E-state index >= 15 is 0 Å². The topological polar surface area (TPSA) is 41.0 Å². The Morgan fingerprint density at radius 2 is 2.67 bits per heavy atom. The van der Waals surface area contributed by atoms with Gasteiger partial charge in [-0.05, 0) is 6.92 Å². The number of piperazine rings is 1. The highest BCUT2D eigenvalue weighted by Gasteiger charge is 2.19. The second kappa shape index (κ2) is 3.37. The van der Waals surface area contributed by atoms with Crippen molar-refractivity contribution in [1.29, 1.82) is 0 Å². The quantitative estimate of drug-likeness (QED) is 0.683. The highest BCUT2D eigenvalue weighted by Crippen LogP contribution is 2.18. The van der Waals surface area contributed by atoms with Gasteiger partial charge in [-0.25, -0.2) is 0 Å². The Morgan fingerprint density at radius 3 is 3.33 bits per heavy atom. The molecule has 0 aromatic carbocycles. The van der Waals surface area contributed by atoms with Crippen molar-refractivity contribution in [2.45, 2.75) is 13.0 Å². The fourth-order valence-electron chi connectivity index (χ4n) is 1.42. The maximum Gasteiger partial charge on any atom is 0.208 e. The van der Waals surface area contributed by atoms with Gasteiger partial charge in [0, 0.05) is 25.7 Å². The fourth-order valence-corrected chi connectivity index (χ4v) is 2.11. The van der Waals surface area contributed by atoms with Crippen LogP contribution in [0.2, 0.25) is 0 Å². The Balaban J connectivity index is 2.11. The summed E-state index contributed by atoms with van der Waals surface area (Å²) in [5, 5.41) is 12.3. The molecular formula is C7H12N4S. The molecule has 2 heterocycles. The van der Waals surface area contributed by atoms with E-state index in [9.17, 15) is 0 Å². The Hall–Kier alpha value is -0.680. The van der Waals surface area contributed by atoms with Gasteiger partial charge in [-0.1, -0.05) is 11.3 Å². The summed E-state index contributed by atoms with van der Waals surface area (Å²) in [6.45, 7) is 5.33. The molecule has 1 fully saturated rings. The minimum Gasteiger partial charge on any atom is -0.341 e. The first kappa shape index (κ1) is 7.94. The minimum atomic E-state index is 0.534. The van der Waals surface area contributed by atoms with Gasteiger partial charge >= 0.3 is 0 Å². The van der Waals surface area contributed by atoms with Crippen LogP contribution >= 0.6 is 11.3 Å². The number of nitrogens with zero attached hydrogens (tertiary/aromatic N) is 3. The van der Waals surface area contributed by atoms with E-state index in [1.165, 1.54) is 0 Å². The SMILES string of the molecule is CC1CNCCN1c1nncs1. The number of hydrogen-bond donors (Lipinski definition) is 1. The van der Waals surface area contributed by atoms with Gasteiger partial charge in [0.25, 0.3) is 0 Å². The van der Waals surface area contributed by atoms with Crippen molar-refractivity contribution in [1.82, 2.24) is 15.5 Å². The second-order valence-corrected chi connectivity index (χ2v) is 3.78. The minimum absolute atomic E-state index is 0.534. The van der Waals surface area contributed by atoms with Crippen LogP contribution in [0.5, 0.6) is 0 Å². The van der Waals surface area contributed by atoms with Crippen molar-refractivity contribution >= 4 is 16.5 Å². The van der Waals surface area contributed by atoms with Crippen molar-refractivity contribution in [3.05, 3.63) is 5.51 Å². The first-order valence-corrected chi connectivity index (χ1v) is 4.99. The molecule has 12 heavy (non-hydrogen) atoms. The Kier molecular flexibility index (Phi) is 2.23. The van der Waals surface area contributed by atoms with E-state index in [2.05, 4.69) is 27.3 Å². The van der Waals surface area contributed by atoms with Crippen molar-refractivity contribution in [3.63, 3.8) is 0 Å². The molecule has 0 bridgehead atoms. The molecule has 1 unspecified atom stereocenters. The Morgan fingerprint density at radius 1 is 1.75 bits per heavy atom. The van der Waals surface area contributed by atoms with Crippen LogP contribution in [0.15, 0.2) is 5.51 Å². The summed E-state index contributed by atoms with van der Waals surface area (Å²) in [6, 6.07) is 0.534. The van der Waals surface area contributed by atoms with Gasteiger partial charge in [0.15, 0.2) is 0 Å². The second-order valence-electron chi connectivity index (χ2n) is 2.97. The maximum absolute atomic E-state index is 4.06. The van der Waals surface area contributed by atoms with Crippen LogP contribution in [0.25, 0.3) is 0 Å². The first-order valence-electron chi connectivity index (χ1n) is 4.11. The highest BCUT2D eigenvalue weighted by atomic mass is 32.1. The van der Waals surface area contributed by atoms with E-state index in [1.54, 1.807) is 16.8 Å². The molecule has 0 amide bonds. The third-order valence-corrected chi connectivity index (χ3v) is 2.82. The molecule has 1 aliphatic heterocycles. The first-order chi connectivity index (χ1) is 5.88. The van der Waals surface area contributed by atoms with E-state index in [4.69, 9.17) is 0 Å². The zero-order valence-corrected chi connectivity index (χ0v) is 7.84. The summed E-state index contributed by atoms with van der Waals surface area (Å²) in [4.78, 5) is 2.30. The van der Waals surface area contributed by atoms with Gasteiger partial charge in [-0.3, -0.25) is 0 Å². The van der Waals surface area contributed by atoms with E-state index < -0.39 is 0 Å². The molecule has 1 saturated heterocycles. The fraction of sp³-hybridized carbons (Fsp3) is 0.714. The molecule has 4 nitrogen and oxygen atoms in total. The third kappa shape index (κ3) is 1.42. The van der Waals surface area contributed by atoms with Crippen LogP contribution in [-0.2, 0) is 0 Å². The van der Waals surface area contributed by atoms with Crippen LogP contribution in [0, 0.1) is 0 Å². The molecule has 1 atom stereocenters. The number of nitrogens with one attached hydrogen (secondary N) is 1. The van der Waals surface area contributed by atoms with Crippen LogP contribution in [0.1, 0.15) is 6.92 Å². The molecular weight excluding hydrogens is 172 g/mol. The van der Waals surface area contributed by atoms with Gasteiger partial charge < -0.3 is 10.2 Å². The van der Waals surface area contributed by atoms with Crippen molar-refractivity contribution in [2.24, 2.45) is 0 Å². The predicted molar refractivity (Wildman–Crippen MR) is 49.6 cm³/mol. The van der Waals surface area contributed by atoms with Gasteiger partial charge in [0.1, 0.15) is 5.51 Å². The largest absolute Gasteiger partial charge is 0.341 e. The molecule has 0 saturated carbocycles. The van der Waals surface area contributed by atoms with E-state index in [-0.39, 0.29) is 0 Å². The van der Waals surface area contributed by atoms with Crippen LogP contribution in [0.3, 0.4) is 0 Å². The summed E-state index contributed by atoms with van der Waals surface area (Å²) in [5.41, 5.74) is 1.78. The van der Waals surface area contributed by atoms with E-state index in [0.29, 0.717) is 6.04 Å². The number of aromatic nitrogens is 2. The number of anilines is 1. The molecule has 0 aliphatic carbocycles. The summed E-state index contributed by atoms with van der Waals surface area (Å²) in [6.07, 6.45) is 0.